The van der Waals surface area contributed by atoms with E-state index in [2.05, 4.69) is 10.1 Å². The van der Waals surface area contributed by atoms with Crippen molar-refractivity contribution in [1.82, 2.24) is 10.1 Å². The molecule has 100 valence electrons. The third-order valence-corrected chi connectivity index (χ3v) is 3.01. The van der Waals surface area contributed by atoms with Crippen molar-refractivity contribution >= 4 is 5.88 Å². The summed E-state index contributed by atoms with van der Waals surface area (Å²) in [6.45, 7) is 0. The van der Waals surface area contributed by atoms with Crippen LogP contribution in [0.4, 0.5) is 5.88 Å². The second kappa shape index (κ2) is 5.05. The van der Waals surface area contributed by atoms with Crippen molar-refractivity contribution in [1.29, 1.82) is 0 Å². The zero-order valence-electron chi connectivity index (χ0n) is 10.9. The summed E-state index contributed by atoms with van der Waals surface area (Å²) >= 11 is 0. The molecule has 1 aromatic carbocycles. The predicted octanol–water partition coefficient (Wildman–Crippen LogP) is 2.99. The number of rotatable bonds is 3. The first-order chi connectivity index (χ1) is 9.79. The number of pyridine rings is 1. The first-order valence-electron chi connectivity index (χ1n) is 6.09. The van der Waals surface area contributed by atoms with Gasteiger partial charge in [-0.1, -0.05) is 23.4 Å². The van der Waals surface area contributed by atoms with Gasteiger partial charge in [0.15, 0.2) is 0 Å². The van der Waals surface area contributed by atoms with Crippen molar-refractivity contribution < 1.29 is 9.26 Å². The number of aromatic nitrogens is 2. The molecule has 0 unspecified atom stereocenters. The first kappa shape index (κ1) is 12.2. The summed E-state index contributed by atoms with van der Waals surface area (Å²) in [5, 5.41) is 4.05. The lowest BCUT2D eigenvalue weighted by atomic mass is 10.0. The molecule has 0 aliphatic rings. The number of ether oxygens (including phenoxy) is 1. The number of nitrogens with zero attached hydrogens (tertiary/aromatic N) is 2. The molecule has 0 saturated carbocycles. The van der Waals surface area contributed by atoms with E-state index in [-0.39, 0.29) is 5.88 Å². The van der Waals surface area contributed by atoms with Gasteiger partial charge in [0, 0.05) is 23.5 Å². The van der Waals surface area contributed by atoms with E-state index in [1.165, 1.54) is 0 Å². The highest BCUT2D eigenvalue weighted by molar-refractivity contribution is 5.86. The molecule has 2 aromatic heterocycles. The summed E-state index contributed by atoms with van der Waals surface area (Å²) < 4.78 is 10.4. The fourth-order valence-corrected chi connectivity index (χ4v) is 2.06. The summed E-state index contributed by atoms with van der Waals surface area (Å²) in [6.07, 6.45) is 3.44. The fraction of sp³-hybridized carbons (Fsp3) is 0.0667. The van der Waals surface area contributed by atoms with Gasteiger partial charge in [0.1, 0.15) is 11.4 Å². The second-order valence-electron chi connectivity index (χ2n) is 4.24. The summed E-state index contributed by atoms with van der Waals surface area (Å²) in [7, 11) is 1.62. The molecule has 0 spiro atoms. The molecule has 3 rings (SSSR count). The Kier molecular flexibility index (Phi) is 3.09. The van der Waals surface area contributed by atoms with E-state index in [1.54, 1.807) is 19.5 Å². The number of nitrogen functional groups attached to an aromatic ring is 1. The van der Waals surface area contributed by atoms with Crippen LogP contribution in [0.3, 0.4) is 0 Å². The Morgan fingerprint density at radius 1 is 1.15 bits per heavy atom. The van der Waals surface area contributed by atoms with Gasteiger partial charge in [-0.15, -0.1) is 0 Å². The van der Waals surface area contributed by atoms with Crippen LogP contribution >= 0.6 is 0 Å². The highest BCUT2D eigenvalue weighted by Crippen LogP contribution is 2.36. The quantitative estimate of drug-likeness (QED) is 0.789. The molecule has 0 saturated heterocycles. The van der Waals surface area contributed by atoms with Crippen molar-refractivity contribution in [2.24, 2.45) is 0 Å². The largest absolute Gasteiger partial charge is 0.497 e. The maximum Gasteiger partial charge on any atom is 0.230 e. The maximum absolute atomic E-state index is 5.89. The van der Waals surface area contributed by atoms with Gasteiger partial charge in [0.25, 0.3) is 0 Å². The first-order valence-corrected chi connectivity index (χ1v) is 6.09. The third kappa shape index (κ3) is 2.09. The number of hydrogen-bond acceptors (Lipinski definition) is 5. The van der Waals surface area contributed by atoms with Crippen LogP contribution < -0.4 is 10.5 Å². The van der Waals surface area contributed by atoms with Crippen molar-refractivity contribution in [3.63, 3.8) is 0 Å². The van der Waals surface area contributed by atoms with Gasteiger partial charge in [-0.3, -0.25) is 4.98 Å². The average Bonchev–Trinajstić information content (AvgIpc) is 2.90. The van der Waals surface area contributed by atoms with Crippen molar-refractivity contribution in [2.45, 2.75) is 0 Å². The van der Waals surface area contributed by atoms with Crippen molar-refractivity contribution in [3.8, 4) is 28.1 Å². The van der Waals surface area contributed by atoms with E-state index < -0.39 is 0 Å². The summed E-state index contributed by atoms with van der Waals surface area (Å²) in [6, 6.07) is 11.3. The van der Waals surface area contributed by atoms with E-state index in [0.29, 0.717) is 5.69 Å². The molecule has 0 fully saturated rings. The molecule has 0 aliphatic heterocycles. The SMILES string of the molecule is COc1cccc(-c2noc(N)c2-c2cccnc2)c1. The van der Waals surface area contributed by atoms with E-state index in [1.807, 2.05) is 36.4 Å². The molecule has 0 aliphatic carbocycles. The van der Waals surface area contributed by atoms with E-state index in [4.69, 9.17) is 15.0 Å². The Morgan fingerprint density at radius 2 is 2.00 bits per heavy atom. The Hall–Kier alpha value is -2.82. The smallest absolute Gasteiger partial charge is 0.230 e. The van der Waals surface area contributed by atoms with Gasteiger partial charge in [-0.2, -0.15) is 0 Å². The number of nitrogens with two attached hydrogens (primary N) is 1. The molecule has 5 heteroatoms. The van der Waals surface area contributed by atoms with Crippen LogP contribution in [-0.2, 0) is 0 Å². The number of anilines is 1. The minimum Gasteiger partial charge on any atom is -0.497 e. The predicted molar refractivity (Wildman–Crippen MR) is 76.1 cm³/mol. The zero-order chi connectivity index (χ0) is 13.9. The topological polar surface area (TPSA) is 74.2 Å². The van der Waals surface area contributed by atoms with Crippen LogP contribution in [0.2, 0.25) is 0 Å². The molecule has 2 heterocycles. The summed E-state index contributed by atoms with van der Waals surface area (Å²) in [5.74, 6) is 1.03. The molecule has 0 bridgehead atoms. The standard InChI is InChI=1S/C15H13N3O2/c1-19-12-6-2-4-10(8-12)14-13(15(16)20-18-14)11-5-3-7-17-9-11/h2-9H,16H2,1H3. The molecule has 5 nitrogen and oxygen atoms in total. The lowest BCUT2D eigenvalue weighted by Crippen LogP contribution is -1.89. The minimum atomic E-state index is 0.274. The molecule has 0 amide bonds. The molecular formula is C15H13N3O2. The van der Waals surface area contributed by atoms with E-state index in [0.717, 1.165) is 22.4 Å². The van der Waals surface area contributed by atoms with Gasteiger partial charge in [0.2, 0.25) is 5.88 Å². The van der Waals surface area contributed by atoms with E-state index >= 15 is 0 Å². The lowest BCUT2D eigenvalue weighted by molar-refractivity contribution is 0.415. The molecule has 3 aromatic rings. The second-order valence-corrected chi connectivity index (χ2v) is 4.24. The molecule has 0 atom stereocenters. The molecule has 0 radical (unpaired) electrons. The van der Waals surface area contributed by atoms with Crippen LogP contribution in [-0.4, -0.2) is 17.3 Å². The minimum absolute atomic E-state index is 0.274. The van der Waals surface area contributed by atoms with Gasteiger partial charge >= 0.3 is 0 Å². The van der Waals surface area contributed by atoms with E-state index in [9.17, 15) is 0 Å². The van der Waals surface area contributed by atoms with Crippen LogP contribution in [0.25, 0.3) is 22.4 Å². The van der Waals surface area contributed by atoms with Gasteiger partial charge < -0.3 is 15.0 Å². The van der Waals surface area contributed by atoms with Crippen LogP contribution in [0.15, 0.2) is 53.3 Å². The van der Waals surface area contributed by atoms with Crippen LogP contribution in [0.5, 0.6) is 5.75 Å². The summed E-state index contributed by atoms with van der Waals surface area (Å²) in [4.78, 5) is 4.10. The fourth-order valence-electron chi connectivity index (χ4n) is 2.06. The van der Waals surface area contributed by atoms with Crippen molar-refractivity contribution in [3.05, 3.63) is 48.8 Å². The maximum atomic E-state index is 5.89. The lowest BCUT2D eigenvalue weighted by Gasteiger charge is -2.04. The number of methoxy groups -OCH3 is 1. The highest BCUT2D eigenvalue weighted by Gasteiger charge is 2.17. The Bertz CT molecular complexity index is 723. The Balaban J connectivity index is 2.16. The zero-order valence-corrected chi connectivity index (χ0v) is 10.9. The molecular weight excluding hydrogens is 254 g/mol. The average molecular weight is 267 g/mol. The van der Waals surface area contributed by atoms with Gasteiger partial charge in [-0.25, -0.2) is 0 Å². The third-order valence-electron chi connectivity index (χ3n) is 3.01. The van der Waals surface area contributed by atoms with Crippen LogP contribution in [0.1, 0.15) is 0 Å². The van der Waals surface area contributed by atoms with Crippen LogP contribution in [0, 0.1) is 0 Å². The normalized spacial score (nSPS) is 10.4. The Morgan fingerprint density at radius 3 is 2.75 bits per heavy atom. The Labute approximate surface area is 116 Å². The van der Waals surface area contributed by atoms with Gasteiger partial charge in [0.05, 0.1) is 12.7 Å². The molecule has 2 N–H and O–H groups in total. The van der Waals surface area contributed by atoms with Crippen molar-refractivity contribution in [2.75, 3.05) is 12.8 Å². The highest BCUT2D eigenvalue weighted by atomic mass is 16.5. The van der Waals surface area contributed by atoms with Gasteiger partial charge in [-0.05, 0) is 18.2 Å². The number of benzene rings is 1. The number of hydrogen-bond donors (Lipinski definition) is 1. The monoisotopic (exact) mass is 267 g/mol. The summed E-state index contributed by atoms with van der Waals surface area (Å²) in [5.41, 5.74) is 9.05. The molecule has 20 heavy (non-hydrogen) atoms.